The topological polar surface area (TPSA) is 58.0 Å². The van der Waals surface area contributed by atoms with Crippen molar-refractivity contribution in [3.05, 3.63) is 59.7 Å². The Balaban J connectivity index is 0.000000249. The van der Waals surface area contributed by atoms with Gasteiger partial charge in [-0.05, 0) is 56.6 Å². The Hall–Kier alpha value is -1.99. The first-order valence-electron chi connectivity index (χ1n) is 7.66. The van der Waals surface area contributed by atoms with Crippen molar-refractivity contribution >= 4 is 0 Å². The standard InChI is InChI=1S/C12H14F3NO.C5H6N2/c13-12(14,15)10-3-1-9(2-4-10)11(17)5-7-16-8-6-11;1-5-6-3-2-4-7-5/h1-4,16-17H,5-8H2;2-4H,1H3. The van der Waals surface area contributed by atoms with Gasteiger partial charge in [0, 0.05) is 12.4 Å². The monoisotopic (exact) mass is 339 g/mol. The second kappa shape index (κ2) is 7.72. The minimum atomic E-state index is -4.32. The van der Waals surface area contributed by atoms with E-state index >= 15 is 0 Å². The molecule has 4 nitrogen and oxygen atoms in total. The van der Waals surface area contributed by atoms with E-state index in [-0.39, 0.29) is 0 Å². The van der Waals surface area contributed by atoms with Crippen LogP contribution < -0.4 is 5.32 Å². The van der Waals surface area contributed by atoms with Crippen molar-refractivity contribution in [2.45, 2.75) is 31.5 Å². The molecule has 1 aliphatic rings. The maximum absolute atomic E-state index is 12.4. The molecule has 7 heteroatoms. The molecule has 2 N–H and O–H groups in total. The van der Waals surface area contributed by atoms with Gasteiger partial charge in [0.25, 0.3) is 0 Å². The predicted octanol–water partition coefficient (Wildman–Crippen LogP) is 3.06. The lowest BCUT2D eigenvalue weighted by Gasteiger charge is -2.33. The van der Waals surface area contributed by atoms with Gasteiger partial charge in [-0.1, -0.05) is 12.1 Å². The molecular formula is C17H20F3N3O. The van der Waals surface area contributed by atoms with Crippen LogP contribution in [0.4, 0.5) is 13.2 Å². The van der Waals surface area contributed by atoms with Crippen molar-refractivity contribution in [2.24, 2.45) is 0 Å². The Labute approximate surface area is 138 Å². The molecule has 1 aromatic heterocycles. The predicted molar refractivity (Wildman–Crippen MR) is 84.2 cm³/mol. The van der Waals surface area contributed by atoms with Gasteiger partial charge < -0.3 is 10.4 Å². The lowest BCUT2D eigenvalue weighted by molar-refractivity contribution is -0.137. The molecule has 0 atom stereocenters. The number of nitrogens with zero attached hydrogens (tertiary/aromatic N) is 2. The summed E-state index contributed by atoms with van der Waals surface area (Å²) in [5, 5.41) is 13.4. The number of alkyl halides is 3. The number of aromatic nitrogens is 2. The number of hydrogen-bond donors (Lipinski definition) is 2. The van der Waals surface area contributed by atoms with Crippen LogP contribution in [0.5, 0.6) is 0 Å². The van der Waals surface area contributed by atoms with E-state index in [9.17, 15) is 18.3 Å². The van der Waals surface area contributed by atoms with Gasteiger partial charge in [0.05, 0.1) is 11.2 Å². The Morgan fingerprint density at radius 3 is 2.00 bits per heavy atom. The van der Waals surface area contributed by atoms with E-state index < -0.39 is 17.3 Å². The summed E-state index contributed by atoms with van der Waals surface area (Å²) in [6.07, 6.45) is 0.177. The summed E-state index contributed by atoms with van der Waals surface area (Å²) in [6, 6.07) is 6.58. The number of piperidine rings is 1. The molecule has 1 fully saturated rings. The smallest absolute Gasteiger partial charge is 0.385 e. The molecule has 0 amide bonds. The number of benzene rings is 1. The normalized spacial score (nSPS) is 16.9. The molecule has 0 spiro atoms. The molecule has 2 heterocycles. The maximum Gasteiger partial charge on any atom is 0.416 e. The van der Waals surface area contributed by atoms with Crippen molar-refractivity contribution in [1.29, 1.82) is 0 Å². The van der Waals surface area contributed by atoms with E-state index in [0.717, 1.165) is 18.0 Å². The maximum atomic E-state index is 12.4. The van der Waals surface area contributed by atoms with E-state index in [4.69, 9.17) is 0 Å². The molecule has 1 aliphatic heterocycles. The first-order chi connectivity index (χ1) is 11.3. The van der Waals surface area contributed by atoms with Gasteiger partial charge in [0.2, 0.25) is 0 Å². The molecule has 0 saturated carbocycles. The molecule has 0 aliphatic carbocycles. The highest BCUT2D eigenvalue weighted by molar-refractivity contribution is 5.29. The second-order valence-corrected chi connectivity index (χ2v) is 5.65. The third kappa shape index (κ3) is 5.01. The fourth-order valence-corrected chi connectivity index (χ4v) is 2.47. The van der Waals surface area contributed by atoms with Crippen LogP contribution in [0.2, 0.25) is 0 Å². The molecule has 2 aromatic rings. The zero-order chi connectivity index (χ0) is 17.6. The lowest BCUT2D eigenvalue weighted by atomic mass is 9.85. The van der Waals surface area contributed by atoms with Gasteiger partial charge in [-0.15, -0.1) is 0 Å². The first kappa shape index (κ1) is 18.4. The Bertz CT molecular complexity index is 624. The summed E-state index contributed by atoms with van der Waals surface area (Å²) >= 11 is 0. The summed E-state index contributed by atoms with van der Waals surface area (Å²) < 4.78 is 37.2. The molecule has 130 valence electrons. The van der Waals surface area contributed by atoms with Crippen LogP contribution >= 0.6 is 0 Å². The van der Waals surface area contributed by atoms with Crippen LogP contribution in [0.1, 0.15) is 29.8 Å². The molecule has 3 rings (SSSR count). The van der Waals surface area contributed by atoms with Crippen molar-refractivity contribution in [2.75, 3.05) is 13.1 Å². The summed E-state index contributed by atoms with van der Waals surface area (Å²) in [5.41, 5.74) is -1.11. The van der Waals surface area contributed by atoms with E-state index in [0.29, 0.717) is 31.5 Å². The fourth-order valence-electron chi connectivity index (χ4n) is 2.47. The summed E-state index contributed by atoms with van der Waals surface area (Å²) in [7, 11) is 0. The highest BCUT2D eigenvalue weighted by atomic mass is 19.4. The van der Waals surface area contributed by atoms with Crippen LogP contribution in [0.3, 0.4) is 0 Å². The average Bonchev–Trinajstić information content (AvgIpc) is 2.56. The van der Waals surface area contributed by atoms with E-state index in [1.807, 2.05) is 6.92 Å². The van der Waals surface area contributed by atoms with Crippen molar-refractivity contribution < 1.29 is 18.3 Å². The van der Waals surface area contributed by atoms with Crippen molar-refractivity contribution in [3.63, 3.8) is 0 Å². The van der Waals surface area contributed by atoms with Crippen LogP contribution in [0, 0.1) is 6.92 Å². The number of halogens is 3. The van der Waals surface area contributed by atoms with Crippen LogP contribution in [0.25, 0.3) is 0 Å². The lowest BCUT2D eigenvalue weighted by Crippen LogP contribution is -2.39. The zero-order valence-electron chi connectivity index (χ0n) is 13.3. The second-order valence-electron chi connectivity index (χ2n) is 5.65. The molecule has 24 heavy (non-hydrogen) atoms. The average molecular weight is 339 g/mol. The Morgan fingerprint density at radius 1 is 1.04 bits per heavy atom. The number of aliphatic hydroxyl groups is 1. The molecular weight excluding hydrogens is 319 g/mol. The number of hydrogen-bond acceptors (Lipinski definition) is 4. The van der Waals surface area contributed by atoms with Crippen LogP contribution in [0.15, 0.2) is 42.7 Å². The molecule has 0 bridgehead atoms. The fraction of sp³-hybridized carbons (Fsp3) is 0.412. The largest absolute Gasteiger partial charge is 0.416 e. The van der Waals surface area contributed by atoms with Gasteiger partial charge in [-0.3, -0.25) is 0 Å². The molecule has 1 aromatic carbocycles. The zero-order valence-corrected chi connectivity index (χ0v) is 13.3. The molecule has 1 saturated heterocycles. The highest BCUT2D eigenvalue weighted by Gasteiger charge is 2.33. The molecule has 0 unspecified atom stereocenters. The minimum Gasteiger partial charge on any atom is -0.385 e. The van der Waals surface area contributed by atoms with Crippen LogP contribution in [-0.4, -0.2) is 28.2 Å². The Morgan fingerprint density at radius 2 is 1.58 bits per heavy atom. The SMILES string of the molecule is Cc1ncccn1.OC1(c2ccc(C(F)(F)F)cc2)CCNCC1. The van der Waals surface area contributed by atoms with Gasteiger partial charge in [-0.25, -0.2) is 9.97 Å². The Kier molecular flexibility index (Phi) is 5.90. The minimum absolute atomic E-state index is 0.526. The van der Waals surface area contributed by atoms with Gasteiger partial charge in [-0.2, -0.15) is 13.2 Å². The third-order valence-electron chi connectivity index (χ3n) is 3.88. The summed E-state index contributed by atoms with van der Waals surface area (Å²) in [5.74, 6) is 0.822. The van der Waals surface area contributed by atoms with E-state index in [2.05, 4.69) is 15.3 Å². The van der Waals surface area contributed by atoms with Gasteiger partial charge in [0.1, 0.15) is 5.82 Å². The third-order valence-corrected chi connectivity index (χ3v) is 3.88. The van der Waals surface area contributed by atoms with Crippen LogP contribution in [-0.2, 0) is 11.8 Å². The van der Waals surface area contributed by atoms with Gasteiger partial charge in [0.15, 0.2) is 0 Å². The first-order valence-corrected chi connectivity index (χ1v) is 7.66. The summed E-state index contributed by atoms with van der Waals surface area (Å²) in [4.78, 5) is 7.74. The van der Waals surface area contributed by atoms with E-state index in [1.54, 1.807) is 18.5 Å². The van der Waals surface area contributed by atoms with Gasteiger partial charge >= 0.3 is 6.18 Å². The molecule has 0 radical (unpaired) electrons. The van der Waals surface area contributed by atoms with Crippen molar-refractivity contribution in [3.8, 4) is 0 Å². The quantitative estimate of drug-likeness (QED) is 0.838. The summed E-state index contributed by atoms with van der Waals surface area (Å²) in [6.45, 7) is 3.22. The number of nitrogens with one attached hydrogen (secondary N) is 1. The number of rotatable bonds is 1. The van der Waals surface area contributed by atoms with E-state index in [1.165, 1.54) is 12.1 Å². The highest BCUT2D eigenvalue weighted by Crippen LogP contribution is 2.34. The number of aryl methyl sites for hydroxylation is 1. The van der Waals surface area contributed by atoms with Crippen molar-refractivity contribution in [1.82, 2.24) is 15.3 Å².